The van der Waals surface area contributed by atoms with Gasteiger partial charge in [-0.05, 0) is 34.5 Å². The lowest BCUT2D eigenvalue weighted by Gasteiger charge is -2.06. The number of hydroxylamine groups is 1. The van der Waals surface area contributed by atoms with E-state index in [9.17, 15) is 4.39 Å². The van der Waals surface area contributed by atoms with Crippen molar-refractivity contribution in [2.75, 3.05) is 6.61 Å². The Balaban J connectivity index is 2.61. The Kier molecular flexibility index (Phi) is 4.35. The third kappa shape index (κ3) is 3.06. The molecule has 4 heteroatoms. The molecule has 0 radical (unpaired) electrons. The van der Waals surface area contributed by atoms with Crippen molar-refractivity contribution in [2.45, 2.75) is 13.5 Å². The highest BCUT2D eigenvalue weighted by Crippen LogP contribution is 2.19. The maximum Gasteiger partial charge on any atom is 0.137 e. The summed E-state index contributed by atoms with van der Waals surface area (Å²) in [4.78, 5) is 4.94. The number of hydrogen-bond acceptors (Lipinski definition) is 2. The first-order valence-electron chi connectivity index (χ1n) is 4.03. The molecule has 1 aromatic rings. The lowest BCUT2D eigenvalue weighted by Crippen LogP contribution is -2.14. The van der Waals surface area contributed by atoms with Gasteiger partial charge in [-0.3, -0.25) is 0 Å². The zero-order valence-electron chi connectivity index (χ0n) is 7.31. The fourth-order valence-electron chi connectivity index (χ4n) is 0.916. The Morgan fingerprint density at radius 1 is 1.54 bits per heavy atom. The molecule has 0 aromatic heterocycles. The molecule has 0 heterocycles. The number of halogens is 2. The summed E-state index contributed by atoms with van der Waals surface area (Å²) in [5, 5.41) is 0. The third-order valence-electron chi connectivity index (χ3n) is 1.54. The Morgan fingerprint density at radius 2 is 2.31 bits per heavy atom. The van der Waals surface area contributed by atoms with Gasteiger partial charge < -0.3 is 4.84 Å². The minimum absolute atomic E-state index is 0.254. The summed E-state index contributed by atoms with van der Waals surface area (Å²) in [6.07, 6.45) is 0. The third-order valence-corrected chi connectivity index (χ3v) is 2.43. The van der Waals surface area contributed by atoms with Crippen LogP contribution in [0.2, 0.25) is 0 Å². The summed E-state index contributed by atoms with van der Waals surface area (Å²) in [5.74, 6) is -0.254. The summed E-state index contributed by atoms with van der Waals surface area (Å²) in [6, 6.07) is 4.91. The number of rotatable bonds is 4. The van der Waals surface area contributed by atoms with Gasteiger partial charge in [-0.25, -0.2) is 4.39 Å². The molecule has 0 aliphatic rings. The minimum Gasteiger partial charge on any atom is -0.302 e. The van der Waals surface area contributed by atoms with Gasteiger partial charge in [0.15, 0.2) is 0 Å². The van der Waals surface area contributed by atoms with Crippen LogP contribution in [0, 0.1) is 5.82 Å². The molecule has 0 fully saturated rings. The topological polar surface area (TPSA) is 21.3 Å². The van der Waals surface area contributed by atoms with Crippen molar-refractivity contribution >= 4 is 15.9 Å². The molecule has 0 atom stereocenters. The van der Waals surface area contributed by atoms with Crippen LogP contribution in [-0.2, 0) is 11.4 Å². The van der Waals surface area contributed by atoms with E-state index in [2.05, 4.69) is 21.4 Å². The zero-order valence-corrected chi connectivity index (χ0v) is 8.90. The molecule has 0 amide bonds. The summed E-state index contributed by atoms with van der Waals surface area (Å²) in [5.41, 5.74) is 3.56. The minimum atomic E-state index is -0.254. The normalized spacial score (nSPS) is 10.4. The van der Waals surface area contributed by atoms with Crippen LogP contribution >= 0.6 is 15.9 Å². The predicted molar refractivity (Wildman–Crippen MR) is 52.6 cm³/mol. The van der Waals surface area contributed by atoms with E-state index in [-0.39, 0.29) is 5.82 Å². The van der Waals surface area contributed by atoms with Gasteiger partial charge in [0, 0.05) is 6.54 Å². The van der Waals surface area contributed by atoms with Crippen molar-refractivity contribution in [1.82, 2.24) is 5.48 Å². The average Bonchev–Trinajstić information content (AvgIpc) is 2.13. The van der Waals surface area contributed by atoms with Gasteiger partial charge >= 0.3 is 0 Å². The summed E-state index contributed by atoms with van der Waals surface area (Å²) < 4.78 is 13.5. The van der Waals surface area contributed by atoms with Crippen molar-refractivity contribution in [3.8, 4) is 0 Å². The maximum atomic E-state index is 13.0. The lowest BCUT2D eigenvalue weighted by atomic mass is 10.2. The van der Waals surface area contributed by atoms with Crippen LogP contribution < -0.4 is 5.48 Å². The molecule has 0 aliphatic heterocycles. The fourth-order valence-corrected chi connectivity index (χ4v) is 1.32. The Labute approximate surface area is 85.2 Å². The van der Waals surface area contributed by atoms with Crippen LogP contribution in [0.15, 0.2) is 22.7 Å². The number of benzene rings is 1. The van der Waals surface area contributed by atoms with Crippen molar-refractivity contribution in [3.63, 3.8) is 0 Å². The largest absolute Gasteiger partial charge is 0.302 e. The molecule has 0 saturated carbocycles. The lowest BCUT2D eigenvalue weighted by molar-refractivity contribution is 0.0461. The SMILES string of the molecule is CCONCc1cccc(F)c1Br. The van der Waals surface area contributed by atoms with E-state index < -0.39 is 0 Å². The van der Waals surface area contributed by atoms with Crippen LogP contribution in [0.5, 0.6) is 0 Å². The van der Waals surface area contributed by atoms with E-state index in [4.69, 9.17) is 4.84 Å². The maximum absolute atomic E-state index is 13.0. The second-order valence-electron chi connectivity index (χ2n) is 2.47. The first-order chi connectivity index (χ1) is 6.25. The second kappa shape index (κ2) is 5.32. The molecule has 0 bridgehead atoms. The molecule has 0 saturated heterocycles. The van der Waals surface area contributed by atoms with E-state index in [1.54, 1.807) is 6.07 Å². The van der Waals surface area contributed by atoms with Crippen LogP contribution in [0.1, 0.15) is 12.5 Å². The summed E-state index contributed by atoms with van der Waals surface area (Å²) in [7, 11) is 0. The average molecular weight is 248 g/mol. The van der Waals surface area contributed by atoms with E-state index >= 15 is 0 Å². The number of nitrogens with one attached hydrogen (secondary N) is 1. The first-order valence-corrected chi connectivity index (χ1v) is 4.82. The van der Waals surface area contributed by atoms with Crippen LogP contribution in [0.4, 0.5) is 4.39 Å². The van der Waals surface area contributed by atoms with Gasteiger partial charge in [0.25, 0.3) is 0 Å². The van der Waals surface area contributed by atoms with E-state index in [1.807, 2.05) is 13.0 Å². The molecule has 2 nitrogen and oxygen atoms in total. The molecular weight excluding hydrogens is 237 g/mol. The Morgan fingerprint density at radius 3 is 3.00 bits per heavy atom. The van der Waals surface area contributed by atoms with E-state index in [0.717, 1.165) is 5.56 Å². The Hall–Kier alpha value is -0.450. The zero-order chi connectivity index (χ0) is 9.68. The molecule has 72 valence electrons. The molecule has 1 N–H and O–H groups in total. The van der Waals surface area contributed by atoms with Gasteiger partial charge in [-0.1, -0.05) is 12.1 Å². The van der Waals surface area contributed by atoms with Gasteiger partial charge in [0.1, 0.15) is 5.82 Å². The highest BCUT2D eigenvalue weighted by atomic mass is 79.9. The molecule has 0 spiro atoms. The van der Waals surface area contributed by atoms with Crippen molar-refractivity contribution in [3.05, 3.63) is 34.1 Å². The quantitative estimate of drug-likeness (QED) is 0.653. The van der Waals surface area contributed by atoms with Gasteiger partial charge in [-0.2, -0.15) is 5.48 Å². The van der Waals surface area contributed by atoms with Crippen molar-refractivity contribution in [1.29, 1.82) is 0 Å². The smallest absolute Gasteiger partial charge is 0.137 e. The van der Waals surface area contributed by atoms with Gasteiger partial charge in [0.2, 0.25) is 0 Å². The second-order valence-corrected chi connectivity index (χ2v) is 3.26. The molecular formula is C9H11BrFNO. The fraction of sp³-hybridized carbons (Fsp3) is 0.333. The van der Waals surface area contributed by atoms with Gasteiger partial charge in [0.05, 0.1) is 11.1 Å². The van der Waals surface area contributed by atoms with E-state index in [0.29, 0.717) is 17.6 Å². The highest BCUT2D eigenvalue weighted by molar-refractivity contribution is 9.10. The first kappa shape index (κ1) is 10.6. The number of hydrogen-bond donors (Lipinski definition) is 1. The van der Waals surface area contributed by atoms with Gasteiger partial charge in [-0.15, -0.1) is 0 Å². The molecule has 1 aromatic carbocycles. The Bertz CT molecular complexity index is 280. The monoisotopic (exact) mass is 247 g/mol. The summed E-state index contributed by atoms with van der Waals surface area (Å²) in [6.45, 7) is 2.97. The molecule has 1 rings (SSSR count). The van der Waals surface area contributed by atoms with Crippen LogP contribution in [0.3, 0.4) is 0 Å². The van der Waals surface area contributed by atoms with Crippen LogP contribution in [0.25, 0.3) is 0 Å². The van der Waals surface area contributed by atoms with Crippen molar-refractivity contribution in [2.24, 2.45) is 0 Å². The summed E-state index contributed by atoms with van der Waals surface area (Å²) >= 11 is 3.16. The highest BCUT2D eigenvalue weighted by Gasteiger charge is 2.03. The van der Waals surface area contributed by atoms with Crippen molar-refractivity contribution < 1.29 is 9.23 Å². The van der Waals surface area contributed by atoms with E-state index in [1.165, 1.54) is 6.07 Å². The molecule has 0 unspecified atom stereocenters. The van der Waals surface area contributed by atoms with Crippen LogP contribution in [-0.4, -0.2) is 6.61 Å². The predicted octanol–water partition coefficient (Wildman–Crippen LogP) is 2.63. The molecule has 0 aliphatic carbocycles. The standard InChI is InChI=1S/C9H11BrFNO/c1-2-13-12-6-7-4-3-5-8(11)9(7)10/h3-5,12H,2,6H2,1H3. The molecule has 13 heavy (non-hydrogen) atoms.